The molecule has 0 nitrogen and oxygen atoms in total. The van der Waals surface area contributed by atoms with Gasteiger partial charge in [0.2, 0.25) is 0 Å². The summed E-state index contributed by atoms with van der Waals surface area (Å²) in [6, 6.07) is 8.36. The van der Waals surface area contributed by atoms with Crippen molar-refractivity contribution in [3.63, 3.8) is 0 Å². The fourth-order valence-electron chi connectivity index (χ4n) is 2.24. The maximum Gasteiger partial charge on any atom is 0.0332 e. The van der Waals surface area contributed by atoms with Gasteiger partial charge in [0.05, 0.1) is 0 Å². The lowest BCUT2D eigenvalue weighted by Crippen LogP contribution is -2.31. The Morgan fingerprint density at radius 1 is 1.05 bits per heavy atom. The van der Waals surface area contributed by atoms with Crippen molar-refractivity contribution in [1.82, 2.24) is 0 Å². The first kappa shape index (κ1) is 17.3. The van der Waals surface area contributed by atoms with Crippen molar-refractivity contribution >= 4 is 39.1 Å². The Kier molecular flexibility index (Phi) is 6.69. The van der Waals surface area contributed by atoms with Gasteiger partial charge in [-0.15, -0.1) is 23.2 Å². The highest BCUT2D eigenvalue weighted by Gasteiger charge is 2.30. The summed E-state index contributed by atoms with van der Waals surface area (Å²) in [5, 5.41) is 0. The maximum atomic E-state index is 6.26. The minimum atomic E-state index is -0.113. The molecule has 0 heterocycles. The molecule has 0 fully saturated rings. The molecule has 0 aliphatic rings. The van der Waals surface area contributed by atoms with Crippen molar-refractivity contribution in [2.45, 2.75) is 45.4 Å². The van der Waals surface area contributed by atoms with Crippen molar-refractivity contribution in [2.75, 3.05) is 11.8 Å². The van der Waals surface area contributed by atoms with Crippen molar-refractivity contribution in [3.8, 4) is 0 Å². The summed E-state index contributed by atoms with van der Waals surface area (Å²) in [4.78, 5) is 0. The lowest BCUT2D eigenvalue weighted by atomic mass is 9.77. The summed E-state index contributed by atoms with van der Waals surface area (Å²) in [7, 11) is 0. The van der Waals surface area contributed by atoms with E-state index in [0.717, 1.165) is 17.3 Å². The molecule has 0 aliphatic carbocycles. The van der Waals surface area contributed by atoms with Gasteiger partial charge in [-0.2, -0.15) is 0 Å². The Labute approximate surface area is 136 Å². The van der Waals surface area contributed by atoms with Crippen molar-refractivity contribution < 1.29 is 0 Å². The fraction of sp³-hybridized carbons (Fsp3) is 0.625. The molecule has 1 rings (SSSR count). The molecule has 1 aromatic rings. The van der Waals surface area contributed by atoms with Crippen LogP contribution in [0.2, 0.25) is 0 Å². The van der Waals surface area contributed by atoms with Crippen LogP contribution in [0.4, 0.5) is 0 Å². The molecule has 0 N–H and O–H groups in total. The first-order valence-electron chi connectivity index (χ1n) is 6.71. The van der Waals surface area contributed by atoms with Crippen molar-refractivity contribution in [1.29, 1.82) is 0 Å². The van der Waals surface area contributed by atoms with Gasteiger partial charge in [0, 0.05) is 21.6 Å². The van der Waals surface area contributed by atoms with Crippen LogP contribution in [0.25, 0.3) is 0 Å². The smallest absolute Gasteiger partial charge is 0.0332 e. The quantitative estimate of drug-likeness (QED) is 0.513. The third kappa shape index (κ3) is 5.28. The van der Waals surface area contributed by atoms with Gasteiger partial charge in [-0.25, -0.2) is 0 Å². The highest BCUT2D eigenvalue weighted by atomic mass is 79.9. The number of halogens is 3. The predicted octanol–water partition coefficient (Wildman–Crippen LogP) is 6.38. The van der Waals surface area contributed by atoms with Crippen LogP contribution in [0.3, 0.4) is 0 Å². The molecule has 0 aliphatic heterocycles. The molecular formula is C16H23BrCl2. The zero-order chi connectivity index (χ0) is 14.5. The molecule has 0 atom stereocenters. The minimum Gasteiger partial charge on any atom is -0.126 e. The van der Waals surface area contributed by atoms with E-state index in [9.17, 15) is 0 Å². The van der Waals surface area contributed by atoms with Gasteiger partial charge in [-0.3, -0.25) is 0 Å². The zero-order valence-electron chi connectivity index (χ0n) is 12.0. The van der Waals surface area contributed by atoms with Crippen LogP contribution in [-0.2, 0) is 5.41 Å². The first-order valence-corrected chi connectivity index (χ1v) is 8.57. The second-order valence-electron chi connectivity index (χ2n) is 6.47. The van der Waals surface area contributed by atoms with Crippen LogP contribution in [-0.4, -0.2) is 11.8 Å². The van der Waals surface area contributed by atoms with Gasteiger partial charge in [0.25, 0.3) is 0 Å². The molecule has 108 valence electrons. The van der Waals surface area contributed by atoms with E-state index in [2.05, 4.69) is 54.9 Å². The Hall–Kier alpha value is 0.280. The molecule has 1 aromatic carbocycles. The molecule has 0 bridgehead atoms. The predicted molar refractivity (Wildman–Crippen MR) is 90.6 cm³/mol. The molecule has 0 amide bonds. The summed E-state index contributed by atoms with van der Waals surface area (Å²) in [6.07, 6.45) is 3.37. The van der Waals surface area contributed by atoms with E-state index in [1.54, 1.807) is 0 Å². The third-order valence-corrected chi connectivity index (χ3v) is 5.05. The number of alkyl halides is 2. The molecule has 0 spiro atoms. The van der Waals surface area contributed by atoms with E-state index in [4.69, 9.17) is 23.2 Å². The molecule has 19 heavy (non-hydrogen) atoms. The number of benzene rings is 1. The summed E-state index contributed by atoms with van der Waals surface area (Å²) in [5.41, 5.74) is 1.49. The van der Waals surface area contributed by atoms with Gasteiger partial charge in [0.1, 0.15) is 0 Å². The van der Waals surface area contributed by atoms with Gasteiger partial charge in [-0.1, -0.05) is 55.3 Å². The van der Waals surface area contributed by atoms with E-state index < -0.39 is 0 Å². The van der Waals surface area contributed by atoms with E-state index in [1.807, 2.05) is 6.07 Å². The monoisotopic (exact) mass is 364 g/mol. The average molecular weight is 366 g/mol. The molecular weight excluding hydrogens is 343 g/mol. The summed E-state index contributed by atoms with van der Waals surface area (Å²) in [6.45, 7) is 6.82. The van der Waals surface area contributed by atoms with Crippen LogP contribution in [0.1, 0.15) is 45.6 Å². The highest BCUT2D eigenvalue weighted by Crippen LogP contribution is 2.36. The van der Waals surface area contributed by atoms with Crippen molar-refractivity contribution in [2.24, 2.45) is 5.41 Å². The Morgan fingerprint density at radius 3 is 2.16 bits per heavy atom. The highest BCUT2D eigenvalue weighted by molar-refractivity contribution is 9.10. The van der Waals surface area contributed by atoms with Crippen LogP contribution in [0.15, 0.2) is 28.7 Å². The van der Waals surface area contributed by atoms with Crippen LogP contribution in [0.5, 0.6) is 0 Å². The minimum absolute atomic E-state index is 0.113. The molecule has 3 heteroatoms. The number of rotatable bonds is 6. The lowest BCUT2D eigenvalue weighted by molar-refractivity contribution is 0.336. The maximum absolute atomic E-state index is 6.26. The Balaban J connectivity index is 2.85. The van der Waals surface area contributed by atoms with E-state index in [-0.39, 0.29) is 5.41 Å². The third-order valence-electron chi connectivity index (χ3n) is 3.53. The number of hydrogen-bond acceptors (Lipinski definition) is 0. The summed E-state index contributed by atoms with van der Waals surface area (Å²) >= 11 is 16.0. The SMILES string of the molecule is CC(C)(C)CCCC(CCl)(CCl)c1cccc(Br)c1. The largest absolute Gasteiger partial charge is 0.126 e. The van der Waals surface area contributed by atoms with Gasteiger partial charge in [-0.05, 0) is 36.0 Å². The molecule has 0 saturated carbocycles. The Morgan fingerprint density at radius 2 is 1.68 bits per heavy atom. The summed E-state index contributed by atoms with van der Waals surface area (Å²) in [5.74, 6) is 1.13. The van der Waals surface area contributed by atoms with Crippen molar-refractivity contribution in [3.05, 3.63) is 34.3 Å². The molecule has 0 unspecified atom stereocenters. The van der Waals surface area contributed by atoms with Gasteiger partial charge >= 0.3 is 0 Å². The van der Waals surface area contributed by atoms with Crippen LogP contribution >= 0.6 is 39.1 Å². The first-order chi connectivity index (χ1) is 8.83. The Bertz CT molecular complexity index is 392. The zero-order valence-corrected chi connectivity index (χ0v) is 15.1. The number of hydrogen-bond donors (Lipinski definition) is 0. The van der Waals surface area contributed by atoms with Gasteiger partial charge < -0.3 is 0 Å². The topological polar surface area (TPSA) is 0 Å². The average Bonchev–Trinajstić information content (AvgIpc) is 2.34. The summed E-state index contributed by atoms with van der Waals surface area (Å²) < 4.78 is 1.08. The second kappa shape index (κ2) is 7.33. The second-order valence-corrected chi connectivity index (χ2v) is 7.92. The normalized spacial score (nSPS) is 12.7. The molecule has 0 radical (unpaired) electrons. The molecule has 0 saturated heterocycles. The standard InChI is InChI=1S/C16H23BrCl2/c1-15(2,3)8-5-9-16(11-18,12-19)13-6-4-7-14(17)10-13/h4,6-7,10H,5,8-9,11-12H2,1-3H3. The lowest BCUT2D eigenvalue weighted by Gasteiger charge is -2.31. The molecule has 0 aromatic heterocycles. The fourth-order valence-corrected chi connectivity index (χ4v) is 3.50. The van der Waals surface area contributed by atoms with E-state index in [1.165, 1.54) is 12.0 Å². The van der Waals surface area contributed by atoms with Crippen LogP contribution < -0.4 is 0 Å². The van der Waals surface area contributed by atoms with Crippen LogP contribution in [0, 0.1) is 5.41 Å². The van der Waals surface area contributed by atoms with E-state index in [0.29, 0.717) is 17.2 Å². The van der Waals surface area contributed by atoms with E-state index >= 15 is 0 Å². The van der Waals surface area contributed by atoms with Gasteiger partial charge in [0.15, 0.2) is 0 Å².